The summed E-state index contributed by atoms with van der Waals surface area (Å²) in [5, 5.41) is 5.21. The summed E-state index contributed by atoms with van der Waals surface area (Å²) in [5.74, 6) is 1.51. The molecule has 0 bridgehead atoms. The fourth-order valence-electron chi connectivity index (χ4n) is 4.50. The molecule has 9 heteroatoms. The molecule has 0 unspecified atom stereocenters. The molecule has 5 rings (SSSR count). The minimum absolute atomic E-state index is 0.187. The lowest BCUT2D eigenvalue weighted by atomic mass is 10.2. The van der Waals surface area contributed by atoms with Crippen molar-refractivity contribution in [2.24, 2.45) is 20.0 Å². The van der Waals surface area contributed by atoms with E-state index in [1.807, 2.05) is 86.3 Å². The number of para-hydroxylation sites is 1. The van der Waals surface area contributed by atoms with Gasteiger partial charge >= 0.3 is 5.69 Å². The smallest absolute Gasteiger partial charge is 0.332 e. The van der Waals surface area contributed by atoms with E-state index in [1.165, 1.54) is 7.05 Å². The molecule has 0 fully saturated rings. The number of imidazole rings is 1. The number of hydrogen-bond donors (Lipinski definition) is 0. The predicted molar refractivity (Wildman–Crippen MR) is 143 cm³/mol. The van der Waals surface area contributed by atoms with E-state index >= 15 is 0 Å². The van der Waals surface area contributed by atoms with E-state index in [-0.39, 0.29) is 11.6 Å². The van der Waals surface area contributed by atoms with Crippen molar-refractivity contribution in [2.75, 3.05) is 0 Å². The number of hydrogen-bond acceptors (Lipinski definition) is 5. The number of nitrogens with zero attached hydrogens (tertiary/aromatic N) is 6. The monoisotopic (exact) mass is 498 g/mol. The van der Waals surface area contributed by atoms with Gasteiger partial charge in [0.1, 0.15) is 23.4 Å². The van der Waals surface area contributed by atoms with Gasteiger partial charge in [-0.05, 0) is 17.5 Å². The Balaban J connectivity index is 1.67. The topological polar surface area (TPSA) is 88.9 Å². The molecule has 0 saturated heterocycles. The van der Waals surface area contributed by atoms with E-state index in [0.29, 0.717) is 42.2 Å². The first kappa shape index (κ1) is 24.3. The molecule has 0 radical (unpaired) electrons. The molecule has 37 heavy (non-hydrogen) atoms. The van der Waals surface area contributed by atoms with Crippen LogP contribution in [0.5, 0.6) is 5.75 Å². The first-order chi connectivity index (χ1) is 17.8. The van der Waals surface area contributed by atoms with Gasteiger partial charge in [0.2, 0.25) is 0 Å². The molecule has 0 aliphatic heterocycles. The summed E-state index contributed by atoms with van der Waals surface area (Å²) in [6.45, 7) is 5.26. The van der Waals surface area contributed by atoms with Crippen LogP contribution in [0.1, 0.15) is 25.0 Å². The van der Waals surface area contributed by atoms with Crippen LogP contribution in [0.2, 0.25) is 0 Å². The fraction of sp³-hybridized carbons (Fsp3) is 0.286. The van der Waals surface area contributed by atoms with Crippen LogP contribution in [0.15, 0.2) is 76.6 Å². The Bertz CT molecular complexity index is 1670. The van der Waals surface area contributed by atoms with E-state index in [2.05, 4.69) is 4.98 Å². The molecule has 3 heterocycles. The normalized spacial score (nSPS) is 11.5. The van der Waals surface area contributed by atoms with Crippen molar-refractivity contribution in [3.63, 3.8) is 0 Å². The quantitative estimate of drug-likeness (QED) is 0.326. The van der Waals surface area contributed by atoms with Gasteiger partial charge in [-0.3, -0.25) is 18.6 Å². The Labute approximate surface area is 214 Å². The van der Waals surface area contributed by atoms with Gasteiger partial charge in [-0.25, -0.2) is 9.78 Å². The van der Waals surface area contributed by atoms with Crippen molar-refractivity contribution < 1.29 is 4.74 Å². The zero-order chi connectivity index (χ0) is 26.1. The zero-order valence-corrected chi connectivity index (χ0v) is 21.5. The second-order valence-electron chi connectivity index (χ2n) is 9.60. The zero-order valence-electron chi connectivity index (χ0n) is 21.5. The summed E-state index contributed by atoms with van der Waals surface area (Å²) < 4.78 is 12.5. The molecular weight excluding hydrogens is 468 g/mol. The van der Waals surface area contributed by atoms with Crippen LogP contribution in [0.3, 0.4) is 0 Å². The van der Waals surface area contributed by atoms with Gasteiger partial charge in [-0.15, -0.1) is 0 Å². The van der Waals surface area contributed by atoms with Crippen LogP contribution in [0.25, 0.3) is 22.6 Å². The molecule has 0 N–H and O–H groups in total. The third-order valence-corrected chi connectivity index (χ3v) is 6.34. The van der Waals surface area contributed by atoms with Gasteiger partial charge in [0.05, 0.1) is 6.54 Å². The van der Waals surface area contributed by atoms with Crippen molar-refractivity contribution in [1.82, 2.24) is 28.5 Å². The van der Waals surface area contributed by atoms with E-state index < -0.39 is 5.56 Å². The Morgan fingerprint density at radius 1 is 0.973 bits per heavy atom. The van der Waals surface area contributed by atoms with E-state index in [4.69, 9.17) is 9.84 Å². The lowest BCUT2D eigenvalue weighted by Crippen LogP contribution is -2.38. The van der Waals surface area contributed by atoms with E-state index in [0.717, 1.165) is 21.4 Å². The largest absolute Gasteiger partial charge is 0.489 e. The van der Waals surface area contributed by atoms with Crippen LogP contribution in [-0.2, 0) is 33.8 Å². The number of benzene rings is 2. The number of aryl methyl sites for hydroxylation is 1. The summed E-state index contributed by atoms with van der Waals surface area (Å²) in [7, 11) is 3.38. The third kappa shape index (κ3) is 4.60. The molecule has 0 aliphatic rings. The molecule has 3 aromatic heterocycles. The molecule has 190 valence electrons. The first-order valence-corrected chi connectivity index (χ1v) is 12.3. The van der Waals surface area contributed by atoms with Gasteiger partial charge in [0.15, 0.2) is 11.5 Å². The standard InChI is InChI=1S/C28H30N6O3/c1-19(2)16-33-25-23(27(35)32(4)28(33)36)24(26-29-14-15-31(26)3)34(30-25)17-21-12-8-9-13-22(21)37-18-20-10-6-5-7-11-20/h5-15,19H,16-18H2,1-4H3. The third-order valence-electron chi connectivity index (χ3n) is 6.34. The summed E-state index contributed by atoms with van der Waals surface area (Å²) in [6, 6.07) is 17.8. The molecule has 0 saturated carbocycles. The Hall–Kier alpha value is -4.40. The highest BCUT2D eigenvalue weighted by Crippen LogP contribution is 2.28. The predicted octanol–water partition coefficient (Wildman–Crippen LogP) is 3.58. The lowest BCUT2D eigenvalue weighted by Gasteiger charge is -2.13. The highest BCUT2D eigenvalue weighted by Gasteiger charge is 2.25. The summed E-state index contributed by atoms with van der Waals surface area (Å²) in [5.41, 5.74) is 2.13. The van der Waals surface area contributed by atoms with Gasteiger partial charge in [-0.1, -0.05) is 62.4 Å². The molecule has 0 spiro atoms. The maximum atomic E-state index is 13.4. The van der Waals surface area contributed by atoms with Gasteiger partial charge < -0.3 is 9.30 Å². The molecule has 0 aliphatic carbocycles. The summed E-state index contributed by atoms with van der Waals surface area (Å²) in [6.07, 6.45) is 3.51. The van der Waals surface area contributed by atoms with Crippen LogP contribution < -0.4 is 16.0 Å². The molecule has 5 aromatic rings. The van der Waals surface area contributed by atoms with E-state index in [1.54, 1.807) is 15.4 Å². The Morgan fingerprint density at radius 2 is 1.70 bits per heavy atom. The van der Waals surface area contributed by atoms with E-state index in [9.17, 15) is 9.59 Å². The van der Waals surface area contributed by atoms with Crippen molar-refractivity contribution in [3.05, 3.63) is 99.0 Å². The van der Waals surface area contributed by atoms with Gasteiger partial charge in [0, 0.05) is 38.6 Å². The summed E-state index contributed by atoms with van der Waals surface area (Å²) >= 11 is 0. The van der Waals surface area contributed by atoms with Crippen molar-refractivity contribution in [3.8, 4) is 17.3 Å². The average Bonchev–Trinajstić information content (AvgIpc) is 3.48. The van der Waals surface area contributed by atoms with Gasteiger partial charge in [0.25, 0.3) is 5.56 Å². The molecule has 0 amide bonds. The number of rotatable bonds is 8. The minimum atomic E-state index is -0.391. The van der Waals surface area contributed by atoms with Crippen molar-refractivity contribution in [2.45, 2.75) is 33.5 Å². The van der Waals surface area contributed by atoms with Crippen LogP contribution in [0.4, 0.5) is 0 Å². The molecular formula is C28H30N6O3. The van der Waals surface area contributed by atoms with Crippen LogP contribution >= 0.6 is 0 Å². The van der Waals surface area contributed by atoms with Crippen molar-refractivity contribution in [1.29, 1.82) is 0 Å². The molecule has 9 nitrogen and oxygen atoms in total. The van der Waals surface area contributed by atoms with Crippen molar-refractivity contribution >= 4 is 11.0 Å². The lowest BCUT2D eigenvalue weighted by molar-refractivity contribution is 0.302. The minimum Gasteiger partial charge on any atom is -0.489 e. The fourth-order valence-corrected chi connectivity index (χ4v) is 4.50. The van der Waals surface area contributed by atoms with Crippen LogP contribution in [0, 0.1) is 5.92 Å². The Kier molecular flexibility index (Phi) is 6.52. The number of fused-ring (bicyclic) bond motifs is 1. The first-order valence-electron chi connectivity index (χ1n) is 12.3. The maximum absolute atomic E-state index is 13.4. The second kappa shape index (κ2) is 9.93. The highest BCUT2D eigenvalue weighted by molar-refractivity contribution is 5.89. The number of ether oxygens (including phenoxy) is 1. The van der Waals surface area contributed by atoms with Gasteiger partial charge in [-0.2, -0.15) is 5.10 Å². The summed E-state index contributed by atoms with van der Waals surface area (Å²) in [4.78, 5) is 31.1. The highest BCUT2D eigenvalue weighted by atomic mass is 16.5. The SMILES string of the molecule is CC(C)Cn1c(=O)n(C)c(=O)c2c(-c3nccn3C)n(Cc3ccccc3OCc3ccccc3)nc21. The number of aromatic nitrogens is 6. The average molecular weight is 499 g/mol. The molecule has 0 atom stereocenters. The molecule has 2 aromatic carbocycles. The maximum Gasteiger partial charge on any atom is 0.332 e. The van der Waals surface area contributed by atoms with Crippen LogP contribution in [-0.4, -0.2) is 28.5 Å². The second-order valence-corrected chi connectivity index (χ2v) is 9.60. The Morgan fingerprint density at radius 3 is 2.41 bits per heavy atom.